The van der Waals surface area contributed by atoms with Crippen molar-refractivity contribution in [2.75, 3.05) is 18.0 Å². The van der Waals surface area contributed by atoms with Gasteiger partial charge in [-0.1, -0.05) is 65.6 Å². The smallest absolute Gasteiger partial charge is 0.0418 e. The third-order valence-corrected chi connectivity index (χ3v) is 4.58. The maximum Gasteiger partial charge on any atom is 0.0418 e. The molecule has 0 spiro atoms. The SMILES string of the molecule is CC(C)CCN(CCC(C)C)c1cc(Br)ccc1CBr. The van der Waals surface area contributed by atoms with Gasteiger partial charge in [-0.15, -0.1) is 0 Å². The lowest BCUT2D eigenvalue weighted by molar-refractivity contribution is 0.535. The van der Waals surface area contributed by atoms with Gasteiger partial charge in [-0.05, 0) is 42.4 Å². The first kappa shape index (κ1) is 18.0. The monoisotopic (exact) mass is 403 g/mol. The summed E-state index contributed by atoms with van der Waals surface area (Å²) < 4.78 is 1.16. The quantitative estimate of drug-likeness (QED) is 0.463. The van der Waals surface area contributed by atoms with E-state index in [2.05, 4.69) is 82.7 Å². The molecule has 1 aromatic rings. The minimum Gasteiger partial charge on any atom is -0.371 e. The lowest BCUT2D eigenvalue weighted by Crippen LogP contribution is -2.28. The maximum atomic E-state index is 3.62. The Morgan fingerprint density at radius 3 is 2.00 bits per heavy atom. The van der Waals surface area contributed by atoms with Gasteiger partial charge in [0.1, 0.15) is 0 Å². The molecule has 114 valence electrons. The molecular formula is C17H27Br2N. The van der Waals surface area contributed by atoms with Crippen LogP contribution in [0.1, 0.15) is 46.1 Å². The molecule has 0 aromatic heterocycles. The first-order valence-electron chi connectivity index (χ1n) is 7.53. The molecule has 1 rings (SSSR count). The van der Waals surface area contributed by atoms with Gasteiger partial charge in [0.25, 0.3) is 0 Å². The van der Waals surface area contributed by atoms with Crippen LogP contribution in [0.5, 0.6) is 0 Å². The van der Waals surface area contributed by atoms with E-state index in [1.54, 1.807) is 0 Å². The fourth-order valence-electron chi connectivity index (χ4n) is 2.13. The zero-order valence-electron chi connectivity index (χ0n) is 13.1. The van der Waals surface area contributed by atoms with Gasteiger partial charge in [-0.25, -0.2) is 0 Å². The minimum atomic E-state index is 0.746. The van der Waals surface area contributed by atoms with E-state index < -0.39 is 0 Å². The Morgan fingerprint density at radius 2 is 1.55 bits per heavy atom. The van der Waals surface area contributed by atoms with Crippen LogP contribution in [-0.2, 0) is 5.33 Å². The van der Waals surface area contributed by atoms with Crippen molar-refractivity contribution in [1.29, 1.82) is 0 Å². The van der Waals surface area contributed by atoms with E-state index in [0.717, 1.165) is 34.7 Å². The van der Waals surface area contributed by atoms with E-state index in [1.807, 2.05) is 0 Å². The second-order valence-electron chi connectivity index (χ2n) is 6.26. The zero-order valence-corrected chi connectivity index (χ0v) is 16.3. The number of halogens is 2. The minimum absolute atomic E-state index is 0.746. The van der Waals surface area contributed by atoms with E-state index in [1.165, 1.54) is 24.1 Å². The summed E-state index contributed by atoms with van der Waals surface area (Å²) in [5.74, 6) is 1.49. The molecule has 0 radical (unpaired) electrons. The number of nitrogens with zero attached hydrogens (tertiary/aromatic N) is 1. The van der Waals surface area contributed by atoms with Crippen LogP contribution in [0.4, 0.5) is 5.69 Å². The van der Waals surface area contributed by atoms with Gasteiger partial charge in [-0.3, -0.25) is 0 Å². The molecule has 0 saturated carbocycles. The third kappa shape index (κ3) is 6.17. The molecular weight excluding hydrogens is 378 g/mol. The Hall–Kier alpha value is -0.0200. The van der Waals surface area contributed by atoms with Gasteiger partial charge < -0.3 is 4.90 Å². The predicted octanol–water partition coefficient (Wildman–Crippen LogP) is 6.24. The largest absolute Gasteiger partial charge is 0.371 e. The zero-order chi connectivity index (χ0) is 15.1. The van der Waals surface area contributed by atoms with E-state index >= 15 is 0 Å². The molecule has 0 heterocycles. The number of rotatable bonds is 8. The average Bonchev–Trinajstić information content (AvgIpc) is 2.38. The fourth-order valence-corrected chi connectivity index (χ4v) is 2.95. The van der Waals surface area contributed by atoms with Gasteiger partial charge in [0, 0.05) is 28.6 Å². The summed E-state index contributed by atoms with van der Waals surface area (Å²) in [5.41, 5.74) is 2.75. The van der Waals surface area contributed by atoms with Crippen LogP contribution in [0.15, 0.2) is 22.7 Å². The van der Waals surface area contributed by atoms with Crippen LogP contribution >= 0.6 is 31.9 Å². The Balaban J connectivity index is 2.92. The molecule has 0 aliphatic rings. The van der Waals surface area contributed by atoms with Crippen molar-refractivity contribution in [3.8, 4) is 0 Å². The van der Waals surface area contributed by atoms with E-state index in [0.29, 0.717) is 0 Å². The van der Waals surface area contributed by atoms with Crippen molar-refractivity contribution in [1.82, 2.24) is 0 Å². The van der Waals surface area contributed by atoms with Crippen molar-refractivity contribution in [2.45, 2.75) is 45.9 Å². The highest BCUT2D eigenvalue weighted by Gasteiger charge is 2.12. The van der Waals surface area contributed by atoms with Crippen molar-refractivity contribution < 1.29 is 0 Å². The first-order chi connectivity index (χ1) is 9.43. The number of benzene rings is 1. The molecule has 3 heteroatoms. The van der Waals surface area contributed by atoms with Crippen molar-refractivity contribution in [2.24, 2.45) is 11.8 Å². The molecule has 1 aromatic carbocycles. The maximum absolute atomic E-state index is 3.62. The number of hydrogen-bond acceptors (Lipinski definition) is 1. The van der Waals surface area contributed by atoms with Crippen LogP contribution in [0.25, 0.3) is 0 Å². The van der Waals surface area contributed by atoms with Gasteiger partial charge in [0.2, 0.25) is 0 Å². The van der Waals surface area contributed by atoms with E-state index in [-0.39, 0.29) is 0 Å². The van der Waals surface area contributed by atoms with Crippen LogP contribution in [0.2, 0.25) is 0 Å². The van der Waals surface area contributed by atoms with Crippen LogP contribution < -0.4 is 4.90 Å². The lowest BCUT2D eigenvalue weighted by atomic mass is 10.1. The number of hydrogen-bond donors (Lipinski definition) is 0. The summed E-state index contributed by atoms with van der Waals surface area (Å²) >= 11 is 7.23. The highest BCUT2D eigenvalue weighted by Crippen LogP contribution is 2.28. The molecule has 0 atom stereocenters. The second kappa shape index (κ2) is 9.09. The molecule has 0 N–H and O–H groups in total. The van der Waals surface area contributed by atoms with Crippen LogP contribution in [0, 0.1) is 11.8 Å². The molecule has 0 saturated heterocycles. The lowest BCUT2D eigenvalue weighted by Gasteiger charge is -2.28. The van der Waals surface area contributed by atoms with Crippen molar-refractivity contribution >= 4 is 37.5 Å². The third-order valence-electron chi connectivity index (χ3n) is 3.48. The van der Waals surface area contributed by atoms with E-state index in [4.69, 9.17) is 0 Å². The Morgan fingerprint density at radius 1 is 1.00 bits per heavy atom. The summed E-state index contributed by atoms with van der Waals surface area (Å²) in [5, 5.41) is 0.912. The average molecular weight is 405 g/mol. The van der Waals surface area contributed by atoms with Crippen molar-refractivity contribution in [3.05, 3.63) is 28.2 Å². The first-order valence-corrected chi connectivity index (χ1v) is 9.44. The van der Waals surface area contributed by atoms with Crippen LogP contribution in [0.3, 0.4) is 0 Å². The number of alkyl halides is 1. The summed E-state index contributed by atoms with van der Waals surface area (Å²) in [6.45, 7) is 11.5. The van der Waals surface area contributed by atoms with Crippen molar-refractivity contribution in [3.63, 3.8) is 0 Å². The number of anilines is 1. The highest BCUT2D eigenvalue weighted by atomic mass is 79.9. The Labute approximate surface area is 141 Å². The van der Waals surface area contributed by atoms with Gasteiger partial charge in [0.15, 0.2) is 0 Å². The van der Waals surface area contributed by atoms with Gasteiger partial charge in [-0.2, -0.15) is 0 Å². The molecule has 1 nitrogen and oxygen atoms in total. The van der Waals surface area contributed by atoms with Gasteiger partial charge >= 0.3 is 0 Å². The molecule has 0 unspecified atom stereocenters. The summed E-state index contributed by atoms with van der Waals surface area (Å²) in [4.78, 5) is 2.56. The summed E-state index contributed by atoms with van der Waals surface area (Å²) in [6.07, 6.45) is 2.48. The Kier molecular flexibility index (Phi) is 8.20. The predicted molar refractivity (Wildman–Crippen MR) is 97.9 cm³/mol. The molecule has 0 aliphatic carbocycles. The molecule has 0 aliphatic heterocycles. The molecule has 20 heavy (non-hydrogen) atoms. The molecule has 0 fully saturated rings. The molecule has 0 amide bonds. The molecule has 0 bridgehead atoms. The van der Waals surface area contributed by atoms with Gasteiger partial charge in [0.05, 0.1) is 0 Å². The standard InChI is InChI=1S/C17H27Br2N/c1-13(2)7-9-20(10-8-14(3)4)17-11-16(19)6-5-15(17)12-18/h5-6,11,13-14H,7-10,12H2,1-4H3. The highest BCUT2D eigenvalue weighted by molar-refractivity contribution is 9.10. The topological polar surface area (TPSA) is 3.24 Å². The summed E-state index contributed by atoms with van der Waals surface area (Å²) in [7, 11) is 0. The second-order valence-corrected chi connectivity index (χ2v) is 7.74. The fraction of sp³-hybridized carbons (Fsp3) is 0.647. The normalized spacial score (nSPS) is 11.4. The van der Waals surface area contributed by atoms with E-state index in [9.17, 15) is 0 Å². The Bertz CT molecular complexity index is 390. The summed E-state index contributed by atoms with van der Waals surface area (Å²) in [6, 6.07) is 6.60. The van der Waals surface area contributed by atoms with Crippen LogP contribution in [-0.4, -0.2) is 13.1 Å².